The molecule has 3 aromatic rings. The number of aliphatic hydroxyl groups is 2. The third kappa shape index (κ3) is 2.24. The molecule has 1 saturated carbocycles. The zero-order chi connectivity index (χ0) is 16.0. The van der Waals surface area contributed by atoms with E-state index < -0.39 is 6.10 Å². The van der Waals surface area contributed by atoms with E-state index in [0.29, 0.717) is 16.2 Å². The van der Waals surface area contributed by atoms with Gasteiger partial charge in [-0.2, -0.15) is 0 Å². The number of halogens is 1. The molecule has 23 heavy (non-hydrogen) atoms. The van der Waals surface area contributed by atoms with Crippen LogP contribution in [0.5, 0.6) is 0 Å². The lowest BCUT2D eigenvalue weighted by Gasteiger charge is -2.15. The van der Waals surface area contributed by atoms with E-state index in [1.165, 1.54) is 5.56 Å². The summed E-state index contributed by atoms with van der Waals surface area (Å²) in [5.74, 6) is 0.863. The van der Waals surface area contributed by atoms with Crippen LogP contribution in [0.4, 0.5) is 0 Å². The van der Waals surface area contributed by atoms with Crippen molar-refractivity contribution >= 4 is 17.2 Å². The van der Waals surface area contributed by atoms with Gasteiger partial charge in [-0.1, -0.05) is 29.8 Å². The highest BCUT2D eigenvalue weighted by Gasteiger charge is 2.49. The fourth-order valence-electron chi connectivity index (χ4n) is 3.16. The van der Waals surface area contributed by atoms with Crippen molar-refractivity contribution in [3.63, 3.8) is 0 Å². The van der Waals surface area contributed by atoms with E-state index in [0.717, 1.165) is 18.7 Å². The molecule has 2 aromatic heterocycles. The summed E-state index contributed by atoms with van der Waals surface area (Å²) >= 11 is 5.99. The summed E-state index contributed by atoms with van der Waals surface area (Å²) in [6, 6.07) is 11.4. The van der Waals surface area contributed by atoms with E-state index in [4.69, 9.17) is 11.6 Å². The first-order chi connectivity index (χ1) is 11.2. The molecule has 118 valence electrons. The molecule has 1 aromatic carbocycles. The number of pyridine rings is 1. The minimum atomic E-state index is -0.957. The maximum Gasteiger partial charge on any atom is 0.166 e. The predicted octanol–water partition coefficient (Wildman–Crippen LogP) is 2.49. The number of nitrogens with zero attached hydrogens (tertiary/aromatic N) is 3. The van der Waals surface area contributed by atoms with E-state index >= 15 is 0 Å². The second-order valence-electron chi connectivity index (χ2n) is 5.97. The fraction of sp³-hybridized carbons (Fsp3) is 0.294. The van der Waals surface area contributed by atoms with Gasteiger partial charge in [-0.3, -0.25) is 4.40 Å². The minimum Gasteiger partial charge on any atom is -0.393 e. The van der Waals surface area contributed by atoms with Gasteiger partial charge in [0, 0.05) is 16.8 Å². The molecule has 2 N–H and O–H groups in total. The highest BCUT2D eigenvalue weighted by Crippen LogP contribution is 2.52. The van der Waals surface area contributed by atoms with Gasteiger partial charge >= 0.3 is 0 Å². The molecular weight excluding hydrogens is 314 g/mol. The highest BCUT2D eigenvalue weighted by molar-refractivity contribution is 6.30. The Balaban J connectivity index is 1.85. The molecule has 1 aliphatic rings. The summed E-state index contributed by atoms with van der Waals surface area (Å²) in [6.07, 6.45) is 2.94. The van der Waals surface area contributed by atoms with Crippen LogP contribution in [-0.4, -0.2) is 31.4 Å². The monoisotopic (exact) mass is 329 g/mol. The van der Waals surface area contributed by atoms with Crippen LogP contribution in [0.3, 0.4) is 0 Å². The molecule has 2 heterocycles. The van der Waals surface area contributed by atoms with Crippen molar-refractivity contribution in [3.05, 3.63) is 64.6 Å². The van der Waals surface area contributed by atoms with Gasteiger partial charge in [0.05, 0.1) is 12.0 Å². The van der Waals surface area contributed by atoms with Crippen molar-refractivity contribution in [3.8, 4) is 0 Å². The summed E-state index contributed by atoms with van der Waals surface area (Å²) in [6.45, 7) is -0.343. The molecule has 6 heteroatoms. The topological polar surface area (TPSA) is 70.7 Å². The van der Waals surface area contributed by atoms with Crippen LogP contribution < -0.4 is 0 Å². The number of benzene rings is 1. The van der Waals surface area contributed by atoms with Crippen LogP contribution >= 0.6 is 11.6 Å². The van der Waals surface area contributed by atoms with E-state index in [1.807, 2.05) is 40.9 Å². The van der Waals surface area contributed by atoms with Crippen LogP contribution in [0.25, 0.3) is 5.65 Å². The van der Waals surface area contributed by atoms with E-state index in [-0.39, 0.29) is 12.0 Å². The summed E-state index contributed by atoms with van der Waals surface area (Å²) in [7, 11) is 0. The molecule has 4 rings (SSSR count). The number of aliphatic hydroxyl groups excluding tert-OH is 2. The maximum absolute atomic E-state index is 9.96. The first kappa shape index (κ1) is 14.6. The smallest absolute Gasteiger partial charge is 0.166 e. The summed E-state index contributed by atoms with van der Waals surface area (Å²) < 4.78 is 1.91. The van der Waals surface area contributed by atoms with Gasteiger partial charge in [0.15, 0.2) is 5.65 Å². The maximum atomic E-state index is 9.96. The Hall–Kier alpha value is -1.95. The average Bonchev–Trinajstić information content (AvgIpc) is 3.26. The van der Waals surface area contributed by atoms with Gasteiger partial charge < -0.3 is 10.2 Å². The van der Waals surface area contributed by atoms with Crippen LogP contribution in [-0.2, 0) is 5.41 Å². The quantitative estimate of drug-likeness (QED) is 0.771. The van der Waals surface area contributed by atoms with Gasteiger partial charge in [0.1, 0.15) is 11.9 Å². The lowest BCUT2D eigenvalue weighted by Crippen LogP contribution is -2.14. The Morgan fingerprint density at radius 3 is 2.57 bits per heavy atom. The van der Waals surface area contributed by atoms with Crippen LogP contribution in [0.15, 0.2) is 42.6 Å². The molecule has 0 radical (unpaired) electrons. The number of hydrogen-bond donors (Lipinski definition) is 2. The van der Waals surface area contributed by atoms with Gasteiger partial charge in [-0.25, -0.2) is 0 Å². The number of fused-ring (bicyclic) bond motifs is 1. The Morgan fingerprint density at radius 2 is 1.91 bits per heavy atom. The standard InChI is InChI=1S/C17H16ClN3O2/c18-12-5-3-11(4-6-12)17(7-8-17)16-20-19-15-13(14(23)10-22)2-1-9-21(15)16/h1-6,9,14,22-23H,7-8,10H2. The van der Waals surface area contributed by atoms with Crippen molar-refractivity contribution in [1.82, 2.24) is 14.6 Å². The van der Waals surface area contributed by atoms with Gasteiger partial charge in [-0.15, -0.1) is 10.2 Å². The zero-order valence-electron chi connectivity index (χ0n) is 12.4. The van der Waals surface area contributed by atoms with Gasteiger partial charge in [0.2, 0.25) is 0 Å². The fourth-order valence-corrected chi connectivity index (χ4v) is 3.28. The molecule has 0 spiro atoms. The molecule has 0 bridgehead atoms. The zero-order valence-corrected chi connectivity index (χ0v) is 13.1. The SMILES string of the molecule is OCC(O)c1cccn2c(C3(c4ccc(Cl)cc4)CC3)nnc12. The number of aromatic nitrogens is 3. The lowest BCUT2D eigenvalue weighted by molar-refractivity contribution is 0.0963. The van der Waals surface area contributed by atoms with Gasteiger partial charge in [-0.05, 0) is 36.6 Å². The Kier molecular flexibility index (Phi) is 3.37. The average molecular weight is 330 g/mol. The Labute approximate surface area is 138 Å². The normalized spacial score (nSPS) is 17.3. The molecule has 1 aliphatic carbocycles. The van der Waals surface area contributed by atoms with Crippen molar-refractivity contribution in [2.24, 2.45) is 0 Å². The molecule has 0 aliphatic heterocycles. The predicted molar refractivity (Wildman–Crippen MR) is 86.5 cm³/mol. The Bertz CT molecular complexity index is 856. The van der Waals surface area contributed by atoms with Crippen LogP contribution in [0.2, 0.25) is 5.02 Å². The highest BCUT2D eigenvalue weighted by atomic mass is 35.5. The minimum absolute atomic E-state index is 0.146. The summed E-state index contributed by atoms with van der Waals surface area (Å²) in [4.78, 5) is 0. The first-order valence-corrected chi connectivity index (χ1v) is 7.92. The van der Waals surface area contributed by atoms with Crippen molar-refractivity contribution in [2.75, 3.05) is 6.61 Å². The van der Waals surface area contributed by atoms with Crippen molar-refractivity contribution in [1.29, 1.82) is 0 Å². The molecule has 1 unspecified atom stereocenters. The third-order valence-electron chi connectivity index (χ3n) is 4.57. The molecule has 1 fully saturated rings. The van der Waals surface area contributed by atoms with Crippen LogP contribution in [0, 0.1) is 0 Å². The molecule has 0 amide bonds. The summed E-state index contributed by atoms with van der Waals surface area (Å²) in [5.41, 5.74) is 2.20. The van der Waals surface area contributed by atoms with Crippen LogP contribution in [0.1, 0.15) is 35.9 Å². The Morgan fingerprint density at radius 1 is 1.17 bits per heavy atom. The van der Waals surface area contributed by atoms with Gasteiger partial charge in [0.25, 0.3) is 0 Å². The van der Waals surface area contributed by atoms with Crippen molar-refractivity contribution in [2.45, 2.75) is 24.4 Å². The first-order valence-electron chi connectivity index (χ1n) is 7.55. The number of hydrogen-bond acceptors (Lipinski definition) is 4. The van der Waals surface area contributed by atoms with E-state index in [2.05, 4.69) is 10.2 Å². The molecular formula is C17H16ClN3O2. The third-order valence-corrected chi connectivity index (χ3v) is 4.82. The lowest BCUT2D eigenvalue weighted by atomic mass is 9.95. The largest absolute Gasteiger partial charge is 0.393 e. The van der Waals surface area contributed by atoms with Crippen molar-refractivity contribution < 1.29 is 10.2 Å². The molecule has 0 saturated heterocycles. The second kappa shape index (κ2) is 5.30. The number of rotatable bonds is 4. The summed E-state index contributed by atoms with van der Waals surface area (Å²) in [5, 5.41) is 28.5. The van der Waals surface area contributed by atoms with E-state index in [9.17, 15) is 10.2 Å². The molecule has 5 nitrogen and oxygen atoms in total. The van der Waals surface area contributed by atoms with E-state index in [1.54, 1.807) is 6.07 Å². The second-order valence-corrected chi connectivity index (χ2v) is 6.40. The molecule has 1 atom stereocenters.